The van der Waals surface area contributed by atoms with Gasteiger partial charge in [0.15, 0.2) is 0 Å². The lowest BCUT2D eigenvalue weighted by Crippen LogP contribution is -2.05. The van der Waals surface area contributed by atoms with Crippen molar-refractivity contribution in [3.8, 4) is 0 Å². The average Bonchev–Trinajstić information content (AvgIpc) is 2.46. The number of hydrogen-bond donors (Lipinski definition) is 2. The summed E-state index contributed by atoms with van der Waals surface area (Å²) >= 11 is 0. The van der Waals surface area contributed by atoms with Crippen molar-refractivity contribution in [1.82, 2.24) is 9.97 Å². The van der Waals surface area contributed by atoms with Crippen LogP contribution in [-0.2, 0) is 6.54 Å². The smallest absolute Gasteiger partial charge is 0.335 e. The fraction of sp³-hybridized carbons (Fsp3) is 0.267. The highest BCUT2D eigenvalue weighted by molar-refractivity contribution is 5.87. The standard InChI is InChI=1S/C15H17N3O2/c1-10(2)14-16-8-7-13(18-14)17-9-11-3-5-12(6-4-11)15(19)20/h3-8,10H,9H2,1-2H3,(H,19,20)(H,16,17,18). The van der Waals surface area contributed by atoms with E-state index in [0.717, 1.165) is 17.2 Å². The third kappa shape index (κ3) is 3.54. The molecule has 0 amide bonds. The van der Waals surface area contributed by atoms with Crippen LogP contribution in [0, 0.1) is 0 Å². The Morgan fingerprint density at radius 3 is 2.55 bits per heavy atom. The van der Waals surface area contributed by atoms with Crippen molar-refractivity contribution in [3.05, 3.63) is 53.5 Å². The molecule has 5 heteroatoms. The molecule has 0 spiro atoms. The first-order valence-corrected chi connectivity index (χ1v) is 6.45. The summed E-state index contributed by atoms with van der Waals surface area (Å²) in [5.74, 6) is 0.940. The van der Waals surface area contributed by atoms with Gasteiger partial charge in [0, 0.05) is 18.7 Å². The Balaban J connectivity index is 2.01. The molecule has 2 aromatic rings. The fourth-order valence-electron chi connectivity index (χ4n) is 1.71. The Hall–Kier alpha value is -2.43. The number of aromatic nitrogens is 2. The molecule has 0 saturated heterocycles. The van der Waals surface area contributed by atoms with Crippen molar-refractivity contribution in [1.29, 1.82) is 0 Å². The van der Waals surface area contributed by atoms with E-state index in [1.165, 1.54) is 0 Å². The van der Waals surface area contributed by atoms with Gasteiger partial charge in [-0.25, -0.2) is 14.8 Å². The number of carboxylic acid groups (broad SMARTS) is 1. The highest BCUT2D eigenvalue weighted by atomic mass is 16.4. The lowest BCUT2D eigenvalue weighted by atomic mass is 10.1. The third-order valence-electron chi connectivity index (χ3n) is 2.87. The molecule has 0 unspecified atom stereocenters. The summed E-state index contributed by atoms with van der Waals surface area (Å²) in [7, 11) is 0. The van der Waals surface area contributed by atoms with Gasteiger partial charge in [0.1, 0.15) is 11.6 Å². The summed E-state index contributed by atoms with van der Waals surface area (Å²) in [6.45, 7) is 4.68. The van der Waals surface area contributed by atoms with E-state index in [4.69, 9.17) is 5.11 Å². The van der Waals surface area contributed by atoms with E-state index >= 15 is 0 Å². The Bertz CT molecular complexity index is 594. The van der Waals surface area contributed by atoms with Crippen LogP contribution in [0.1, 0.15) is 41.5 Å². The number of rotatable bonds is 5. The summed E-state index contributed by atoms with van der Waals surface area (Å²) in [5.41, 5.74) is 1.29. The van der Waals surface area contributed by atoms with Gasteiger partial charge < -0.3 is 10.4 Å². The maximum Gasteiger partial charge on any atom is 0.335 e. The molecule has 104 valence electrons. The maximum absolute atomic E-state index is 10.8. The molecular formula is C15H17N3O2. The SMILES string of the molecule is CC(C)c1nccc(NCc2ccc(C(=O)O)cc2)n1. The van der Waals surface area contributed by atoms with E-state index in [-0.39, 0.29) is 11.5 Å². The van der Waals surface area contributed by atoms with Crippen LogP contribution in [0.15, 0.2) is 36.5 Å². The van der Waals surface area contributed by atoms with Gasteiger partial charge in [0.25, 0.3) is 0 Å². The topological polar surface area (TPSA) is 75.1 Å². The molecule has 0 aliphatic heterocycles. The van der Waals surface area contributed by atoms with Gasteiger partial charge in [-0.05, 0) is 23.8 Å². The number of nitrogens with zero attached hydrogens (tertiary/aromatic N) is 2. The van der Waals surface area contributed by atoms with E-state index < -0.39 is 5.97 Å². The number of hydrogen-bond acceptors (Lipinski definition) is 4. The molecule has 5 nitrogen and oxygen atoms in total. The minimum absolute atomic E-state index is 0.284. The molecule has 0 fully saturated rings. The van der Waals surface area contributed by atoms with Crippen LogP contribution < -0.4 is 5.32 Å². The number of aromatic carboxylic acids is 1. The lowest BCUT2D eigenvalue weighted by molar-refractivity contribution is 0.0697. The van der Waals surface area contributed by atoms with Gasteiger partial charge in [-0.2, -0.15) is 0 Å². The van der Waals surface area contributed by atoms with Gasteiger partial charge in [-0.15, -0.1) is 0 Å². The van der Waals surface area contributed by atoms with Crippen molar-refractivity contribution in [2.24, 2.45) is 0 Å². The number of benzene rings is 1. The van der Waals surface area contributed by atoms with E-state index in [0.29, 0.717) is 6.54 Å². The molecular weight excluding hydrogens is 254 g/mol. The number of carbonyl (C=O) groups is 1. The molecule has 1 heterocycles. The van der Waals surface area contributed by atoms with Gasteiger partial charge in [-0.3, -0.25) is 0 Å². The van der Waals surface area contributed by atoms with Crippen LogP contribution in [0.2, 0.25) is 0 Å². The third-order valence-corrected chi connectivity index (χ3v) is 2.87. The highest BCUT2D eigenvalue weighted by Gasteiger charge is 2.04. The van der Waals surface area contributed by atoms with E-state index in [1.807, 2.05) is 19.9 Å². The second-order valence-electron chi connectivity index (χ2n) is 4.81. The molecule has 2 N–H and O–H groups in total. The number of nitrogens with one attached hydrogen (secondary N) is 1. The molecule has 1 aromatic heterocycles. The predicted molar refractivity (Wildman–Crippen MR) is 76.8 cm³/mol. The van der Waals surface area contributed by atoms with Gasteiger partial charge in [0.2, 0.25) is 0 Å². The first-order valence-electron chi connectivity index (χ1n) is 6.45. The maximum atomic E-state index is 10.8. The summed E-state index contributed by atoms with van der Waals surface area (Å²) in [6, 6.07) is 8.59. The van der Waals surface area contributed by atoms with Crippen molar-refractivity contribution in [2.75, 3.05) is 5.32 Å². The highest BCUT2D eigenvalue weighted by Crippen LogP contribution is 2.12. The van der Waals surface area contributed by atoms with Crippen LogP contribution in [0.4, 0.5) is 5.82 Å². The largest absolute Gasteiger partial charge is 0.478 e. The first-order chi connectivity index (χ1) is 9.56. The average molecular weight is 271 g/mol. The van der Waals surface area contributed by atoms with Crippen molar-refractivity contribution >= 4 is 11.8 Å². The summed E-state index contributed by atoms with van der Waals surface area (Å²) in [5, 5.41) is 12.0. The zero-order valence-electron chi connectivity index (χ0n) is 11.5. The van der Waals surface area contributed by atoms with Gasteiger partial charge in [-0.1, -0.05) is 26.0 Å². The second-order valence-corrected chi connectivity index (χ2v) is 4.81. The quantitative estimate of drug-likeness (QED) is 0.874. The number of anilines is 1. The molecule has 0 aliphatic rings. The fourth-order valence-corrected chi connectivity index (χ4v) is 1.71. The van der Waals surface area contributed by atoms with Crippen LogP contribution >= 0.6 is 0 Å². The molecule has 2 rings (SSSR count). The van der Waals surface area contributed by atoms with E-state index in [9.17, 15) is 4.79 Å². The molecule has 0 saturated carbocycles. The zero-order chi connectivity index (χ0) is 14.5. The van der Waals surface area contributed by atoms with Gasteiger partial charge >= 0.3 is 5.97 Å². The first kappa shape index (κ1) is 14.0. The zero-order valence-corrected chi connectivity index (χ0v) is 11.5. The second kappa shape index (κ2) is 6.14. The molecule has 1 aromatic carbocycles. The Labute approximate surface area is 117 Å². The summed E-state index contributed by atoms with van der Waals surface area (Å²) in [4.78, 5) is 19.4. The molecule has 0 aliphatic carbocycles. The Morgan fingerprint density at radius 1 is 1.25 bits per heavy atom. The minimum atomic E-state index is -0.915. The summed E-state index contributed by atoms with van der Waals surface area (Å²) in [6.07, 6.45) is 1.73. The molecule has 0 bridgehead atoms. The Morgan fingerprint density at radius 2 is 1.95 bits per heavy atom. The number of carboxylic acids is 1. The molecule has 0 atom stereocenters. The van der Waals surface area contributed by atoms with Crippen LogP contribution in [0.25, 0.3) is 0 Å². The van der Waals surface area contributed by atoms with Gasteiger partial charge in [0.05, 0.1) is 5.56 Å². The van der Waals surface area contributed by atoms with Crippen molar-refractivity contribution < 1.29 is 9.90 Å². The Kier molecular flexibility index (Phi) is 4.30. The van der Waals surface area contributed by atoms with Crippen LogP contribution in [0.3, 0.4) is 0 Å². The molecule has 0 radical (unpaired) electrons. The van der Waals surface area contributed by atoms with Crippen LogP contribution in [-0.4, -0.2) is 21.0 Å². The van der Waals surface area contributed by atoms with Crippen molar-refractivity contribution in [2.45, 2.75) is 26.3 Å². The minimum Gasteiger partial charge on any atom is -0.478 e. The van der Waals surface area contributed by atoms with Crippen LogP contribution in [0.5, 0.6) is 0 Å². The monoisotopic (exact) mass is 271 g/mol. The lowest BCUT2D eigenvalue weighted by Gasteiger charge is -2.08. The van der Waals surface area contributed by atoms with E-state index in [2.05, 4.69) is 15.3 Å². The molecule has 20 heavy (non-hydrogen) atoms. The van der Waals surface area contributed by atoms with Crippen molar-refractivity contribution in [3.63, 3.8) is 0 Å². The normalized spacial score (nSPS) is 10.6. The summed E-state index contributed by atoms with van der Waals surface area (Å²) < 4.78 is 0. The van der Waals surface area contributed by atoms with E-state index in [1.54, 1.807) is 30.5 Å². The predicted octanol–water partition coefficient (Wildman–Crippen LogP) is 2.91.